The molecule has 27 aromatic rings. The van der Waals surface area contributed by atoms with Gasteiger partial charge in [0.25, 0.3) is 0 Å². The first-order chi connectivity index (χ1) is 72.4. The third-order valence-corrected chi connectivity index (χ3v) is 31.2. The van der Waals surface area contributed by atoms with Crippen molar-refractivity contribution in [3.05, 3.63) is 531 Å². The maximum atomic E-state index is 9.35. The number of para-hydroxylation sites is 9. The van der Waals surface area contributed by atoms with Gasteiger partial charge in [0.1, 0.15) is 0 Å². The second-order valence-electron chi connectivity index (χ2n) is 40.1. The van der Waals surface area contributed by atoms with Crippen LogP contribution >= 0.6 is 0 Å². The van der Waals surface area contributed by atoms with E-state index < -0.39 is 0 Å². The van der Waals surface area contributed by atoms with Crippen molar-refractivity contribution >= 4 is 126 Å². The van der Waals surface area contributed by atoms with E-state index in [1.807, 2.05) is 42.5 Å². The third-order valence-electron chi connectivity index (χ3n) is 31.2. The fraction of sp³-hybridized carbons (Fsp3) is 0.0432. The number of anilines is 3. The van der Waals surface area contributed by atoms with Gasteiger partial charge >= 0.3 is 0 Å². The minimum atomic E-state index is -0.117. The molecule has 8 heteroatoms. The van der Waals surface area contributed by atoms with E-state index in [4.69, 9.17) is 4.74 Å². The van der Waals surface area contributed by atoms with E-state index >= 15 is 0 Å². The Bertz CT molecular complexity index is 9880. The van der Waals surface area contributed by atoms with Gasteiger partial charge in [0, 0.05) is 87.4 Å². The van der Waals surface area contributed by atoms with E-state index in [0.29, 0.717) is 5.56 Å². The molecule has 0 atom stereocenters. The van der Waals surface area contributed by atoms with Crippen LogP contribution in [0, 0.1) is 11.3 Å². The highest BCUT2D eigenvalue weighted by Gasteiger charge is 2.41. The smallest absolute Gasteiger partial charge is 0.152 e. The number of hydrogen-bond acceptors (Lipinski definition) is 3. The molecule has 1 aliphatic heterocycles. The van der Waals surface area contributed by atoms with Crippen LogP contribution in [0.5, 0.6) is 11.5 Å². The predicted molar refractivity (Wildman–Crippen MR) is 613 cm³/mol. The molecule has 0 unspecified atom stereocenters. The molecule has 5 aromatic heterocycles. The average molecular weight is 1880 g/mol. The van der Waals surface area contributed by atoms with Crippen LogP contribution in [0.3, 0.4) is 0 Å². The van der Waals surface area contributed by atoms with E-state index in [1.165, 1.54) is 204 Å². The molecule has 2 aliphatic carbocycles. The normalized spacial score (nSPS) is 12.9. The minimum absolute atomic E-state index is 0.117. The molecule has 3 aliphatic rings. The molecule has 0 N–H and O–H groups in total. The van der Waals surface area contributed by atoms with Gasteiger partial charge in [-0.15, -0.1) is 0 Å². The zero-order valence-corrected chi connectivity index (χ0v) is 81.5. The number of aromatic nitrogens is 5. The number of benzene rings is 22. The first kappa shape index (κ1) is 85.9. The number of fused-ring (bicyclic) bond motifs is 23. The first-order valence-corrected chi connectivity index (χ1v) is 50.6. The molecule has 0 spiro atoms. The van der Waals surface area contributed by atoms with Crippen LogP contribution in [0.4, 0.5) is 17.1 Å². The second-order valence-corrected chi connectivity index (χ2v) is 40.1. The largest absolute Gasteiger partial charge is 0.453 e. The lowest BCUT2D eigenvalue weighted by Crippen LogP contribution is -2.18. The lowest BCUT2D eigenvalue weighted by molar-refractivity contribution is 0.477. The summed E-state index contributed by atoms with van der Waals surface area (Å²) >= 11 is 0. The highest BCUT2D eigenvalue weighted by atomic mass is 16.5. The molecule has 6 heterocycles. The van der Waals surface area contributed by atoms with Crippen molar-refractivity contribution in [2.24, 2.45) is 0 Å². The van der Waals surface area contributed by atoms with Gasteiger partial charge in [-0.25, -0.2) is 0 Å². The van der Waals surface area contributed by atoms with Crippen molar-refractivity contribution in [1.82, 2.24) is 22.8 Å². The van der Waals surface area contributed by atoms with E-state index in [1.54, 1.807) is 0 Å². The summed E-state index contributed by atoms with van der Waals surface area (Å²) in [5.41, 5.74) is 44.4. The number of nitrogens with zero attached hydrogens (tertiary/aromatic N) is 7. The molecule has 147 heavy (non-hydrogen) atoms. The highest BCUT2D eigenvalue weighted by molar-refractivity contribution is 6.17. The number of rotatable bonds is 11. The summed E-state index contributed by atoms with van der Waals surface area (Å²) in [4.78, 5) is 2.27. The molecule has 692 valence electrons. The van der Waals surface area contributed by atoms with Crippen molar-refractivity contribution in [1.29, 1.82) is 5.26 Å². The molecular formula is C139H95N7O. The van der Waals surface area contributed by atoms with Crippen molar-refractivity contribution in [3.63, 3.8) is 0 Å². The standard InChI is InChI=1S/C54H40N2.C49H31N3.C36H24N2O/c1-53(2)43-21-9-5-15-35(43)39-19-13-25-49(51(39)53)55-45-23-11-7-17-37(45)41-31-33(27-29-47(41)55)34-28-30-48-42(32-34)38-18-8-12-24-46(38)56(48)50-26-14-20-40-36-16-6-10-22-44(36)54(3,4)52(40)50;50-32-33-17-23-40(24-18-33)51-46-15-6-4-13-42(46)44-30-38(21-27-48(44)51)39-22-28-49-45(31-39)43-14-5-7-16-47(43)52(49)41-25-19-35(20-26-41)37-12-8-11-36(29-37)34-9-2-1-3-10-34;1-3-11-27(12-4-1)37-31-16-8-7-15-29(31)30-23-25(19-21-32(30)37)26-20-22-34-36(24-26)39-35-18-10-9-17-33(35)38(34)28-13-5-2-6-14-28/h5-32H,1-4H3;1-31H;1-24H. The quantitative estimate of drug-likeness (QED) is 0.130. The zero-order valence-electron chi connectivity index (χ0n) is 81.5. The lowest BCUT2D eigenvalue weighted by Gasteiger charge is -2.33. The van der Waals surface area contributed by atoms with E-state index in [2.05, 4.69) is 523 Å². The van der Waals surface area contributed by atoms with Crippen LogP contribution in [0.2, 0.25) is 0 Å². The predicted octanol–water partition coefficient (Wildman–Crippen LogP) is 36.9. The van der Waals surface area contributed by atoms with Gasteiger partial charge in [0.05, 0.1) is 89.5 Å². The molecule has 0 bridgehead atoms. The fourth-order valence-electron chi connectivity index (χ4n) is 24.5. The number of nitriles is 1. The topological polar surface area (TPSA) is 60.9 Å². The molecular weight excluding hydrogens is 1780 g/mol. The Kier molecular flexibility index (Phi) is 19.9. The van der Waals surface area contributed by atoms with Crippen LogP contribution in [0.15, 0.2) is 504 Å². The summed E-state index contributed by atoms with van der Waals surface area (Å²) in [6.45, 7) is 9.52. The molecule has 0 saturated heterocycles. The van der Waals surface area contributed by atoms with Gasteiger partial charge in [-0.1, -0.05) is 337 Å². The minimum Gasteiger partial charge on any atom is -0.453 e. The van der Waals surface area contributed by atoms with Crippen LogP contribution in [0.1, 0.15) is 55.5 Å². The van der Waals surface area contributed by atoms with Gasteiger partial charge in [-0.2, -0.15) is 5.26 Å². The first-order valence-electron chi connectivity index (χ1n) is 50.6. The van der Waals surface area contributed by atoms with Crippen LogP contribution < -0.4 is 9.64 Å². The van der Waals surface area contributed by atoms with Crippen LogP contribution in [0.25, 0.3) is 215 Å². The second kappa shape index (κ2) is 34.1. The van der Waals surface area contributed by atoms with Gasteiger partial charge in [-0.3, -0.25) is 0 Å². The Morgan fingerprint density at radius 1 is 0.190 bits per heavy atom. The SMILES string of the molecule is CC1(C)c2ccccc2-c2cccc(-n3c4ccccc4c4cc(-c5ccc6c(c5)c5ccccc5n6-c5cccc6c5C(C)(C)c5ccccc5-6)ccc43)c21.N#Cc1ccc(-n2c3ccccc3c3cc(-c4ccc5c(c4)c4ccccc4n5-c4ccc(-c5cccc(-c6ccccc6)c5)cc4)ccc32)cc1.c1ccc(N2c3ccccc3Oc3cc(-c4ccc5c(c4)c4ccccc4n5-c4ccccc4)ccc32)cc1. The Hall–Kier alpha value is -19.1. The summed E-state index contributed by atoms with van der Waals surface area (Å²) in [5, 5.41) is 21.8. The molecule has 0 radical (unpaired) electrons. The lowest BCUT2D eigenvalue weighted by atomic mass is 9.81. The summed E-state index contributed by atoms with van der Waals surface area (Å²) < 4.78 is 18.5. The van der Waals surface area contributed by atoms with Crippen molar-refractivity contribution in [2.75, 3.05) is 4.90 Å². The molecule has 0 fully saturated rings. The Morgan fingerprint density at radius 3 is 0.898 bits per heavy atom. The van der Waals surface area contributed by atoms with Crippen LogP contribution in [-0.4, -0.2) is 22.8 Å². The summed E-state index contributed by atoms with van der Waals surface area (Å²) in [6, 6.07) is 184. The monoisotopic (exact) mass is 1880 g/mol. The molecule has 22 aromatic carbocycles. The van der Waals surface area contributed by atoms with Crippen molar-refractivity contribution in [2.45, 2.75) is 38.5 Å². The molecule has 0 amide bonds. The number of hydrogen-bond donors (Lipinski definition) is 0. The van der Waals surface area contributed by atoms with Crippen molar-refractivity contribution in [3.8, 4) is 124 Å². The molecule has 0 saturated carbocycles. The number of ether oxygens (including phenoxy) is 1. The van der Waals surface area contributed by atoms with Gasteiger partial charge in [-0.05, 0) is 294 Å². The maximum absolute atomic E-state index is 9.35. The summed E-state index contributed by atoms with van der Waals surface area (Å²) in [6.07, 6.45) is 0. The Morgan fingerprint density at radius 2 is 0.469 bits per heavy atom. The maximum Gasteiger partial charge on any atom is 0.152 e. The highest BCUT2D eigenvalue weighted by Crippen LogP contribution is 2.57. The Balaban J connectivity index is 0.000000108. The zero-order chi connectivity index (χ0) is 97.9. The van der Waals surface area contributed by atoms with Gasteiger partial charge in [0.2, 0.25) is 0 Å². The van der Waals surface area contributed by atoms with E-state index in [0.717, 1.165) is 62.1 Å². The Labute approximate surface area is 851 Å². The summed E-state index contributed by atoms with van der Waals surface area (Å²) in [7, 11) is 0. The molecule has 30 rings (SSSR count). The molecule has 8 nitrogen and oxygen atoms in total. The van der Waals surface area contributed by atoms with E-state index in [9.17, 15) is 5.26 Å². The third kappa shape index (κ3) is 13.8. The van der Waals surface area contributed by atoms with E-state index in [-0.39, 0.29) is 10.8 Å². The fourth-order valence-corrected chi connectivity index (χ4v) is 24.5. The van der Waals surface area contributed by atoms with Crippen LogP contribution in [-0.2, 0) is 10.8 Å². The van der Waals surface area contributed by atoms with Gasteiger partial charge < -0.3 is 32.5 Å². The summed E-state index contributed by atoms with van der Waals surface area (Å²) in [5.74, 6) is 1.70. The van der Waals surface area contributed by atoms with Gasteiger partial charge in [0.15, 0.2) is 11.5 Å². The average Bonchev–Trinajstić information content (AvgIpc) is 1.40. The van der Waals surface area contributed by atoms with Crippen molar-refractivity contribution < 1.29 is 4.74 Å².